The Morgan fingerprint density at radius 2 is 0.976 bits per heavy atom. The summed E-state index contributed by atoms with van der Waals surface area (Å²) >= 11 is -5.08. The van der Waals surface area contributed by atoms with E-state index >= 15 is 0 Å². The second kappa shape index (κ2) is 10.6. The Morgan fingerprint density at radius 3 is 1.36 bits per heavy atom. The summed E-state index contributed by atoms with van der Waals surface area (Å²) in [5.41, 5.74) is 6.36. The molecule has 42 heavy (non-hydrogen) atoms. The molecular weight excluding hydrogens is 647 g/mol. The van der Waals surface area contributed by atoms with Crippen LogP contribution in [0.1, 0.15) is 67.4 Å². The van der Waals surface area contributed by atoms with Crippen LogP contribution in [0.15, 0.2) is 121 Å². The molecule has 4 heteroatoms. The zero-order valence-corrected chi connectivity index (χ0v) is 30.4. The predicted octanol–water partition coefficient (Wildman–Crippen LogP) is 10.1. The zero-order chi connectivity index (χ0) is 29.9. The van der Waals surface area contributed by atoms with E-state index in [1.807, 2.05) is 0 Å². The second-order valence-electron chi connectivity index (χ2n) is 14.1. The van der Waals surface area contributed by atoms with E-state index in [1.54, 1.807) is 0 Å². The van der Waals surface area contributed by atoms with E-state index in [2.05, 4.69) is 163 Å². The van der Waals surface area contributed by atoms with Crippen LogP contribution in [0.4, 0.5) is 0 Å². The van der Waals surface area contributed by atoms with Crippen molar-refractivity contribution in [1.29, 1.82) is 0 Å². The second-order valence-corrected chi connectivity index (χ2v) is 49.3. The Hall–Kier alpha value is -1.96. The Kier molecular flexibility index (Phi) is 7.58. The normalized spacial score (nSPS) is 15.6. The van der Waals surface area contributed by atoms with Crippen LogP contribution in [0, 0.1) is 0 Å². The van der Waals surface area contributed by atoms with Crippen molar-refractivity contribution in [1.82, 2.24) is 0 Å². The molecule has 0 nitrogen and oxygen atoms in total. The summed E-state index contributed by atoms with van der Waals surface area (Å²) in [7, 11) is 17.4. The Labute approximate surface area is 260 Å². The van der Waals surface area contributed by atoms with E-state index < -0.39 is 20.4 Å². The van der Waals surface area contributed by atoms with Crippen molar-refractivity contribution in [3.8, 4) is 11.1 Å². The van der Waals surface area contributed by atoms with Gasteiger partial charge in [0.25, 0.3) is 0 Å². The van der Waals surface area contributed by atoms with Crippen molar-refractivity contribution in [3.63, 3.8) is 0 Å². The van der Waals surface area contributed by atoms with E-state index in [-0.39, 0.29) is 18.1 Å². The number of rotatable bonds is 4. The molecular formula is C38H40Cl2SiZr. The summed E-state index contributed by atoms with van der Waals surface area (Å²) in [6.45, 7) is 13.8. The first-order chi connectivity index (χ1) is 19.8. The topological polar surface area (TPSA) is 0 Å². The third-order valence-electron chi connectivity index (χ3n) is 9.24. The molecule has 0 atom stereocenters. The average Bonchev–Trinajstić information content (AvgIpc) is 3.61. The molecule has 4 aromatic rings. The molecule has 0 spiro atoms. The summed E-state index contributed by atoms with van der Waals surface area (Å²) in [6, 6.07) is 36.1. The van der Waals surface area contributed by atoms with Gasteiger partial charge in [-0.25, -0.2) is 0 Å². The van der Waals surface area contributed by atoms with Crippen LogP contribution >= 0.6 is 17.0 Å². The molecule has 6 rings (SSSR count). The maximum atomic E-state index is 8.68. The van der Waals surface area contributed by atoms with Gasteiger partial charge in [0.15, 0.2) is 0 Å². The fourth-order valence-electron chi connectivity index (χ4n) is 6.97. The van der Waals surface area contributed by atoms with Crippen LogP contribution < -0.4 is 10.4 Å². The monoisotopic (exact) mass is 684 g/mol. The molecule has 2 aliphatic carbocycles. The van der Waals surface area contributed by atoms with Crippen LogP contribution in [-0.4, -0.2) is 5.43 Å². The molecule has 0 amide bonds. The van der Waals surface area contributed by atoms with Crippen LogP contribution in [0.5, 0.6) is 0 Å². The third-order valence-corrected chi connectivity index (χ3v) is 47.4. The van der Waals surface area contributed by atoms with Crippen molar-refractivity contribution >= 4 is 32.8 Å². The summed E-state index contributed by atoms with van der Waals surface area (Å²) in [4.78, 5) is 0. The average molecular weight is 687 g/mol. The van der Waals surface area contributed by atoms with Crippen molar-refractivity contribution in [2.24, 2.45) is 0 Å². The van der Waals surface area contributed by atoms with Gasteiger partial charge in [-0.1, -0.05) is 0 Å². The summed E-state index contributed by atoms with van der Waals surface area (Å²) in [5, 5.41) is 2.59. The predicted molar refractivity (Wildman–Crippen MR) is 183 cm³/mol. The molecule has 2 aliphatic rings. The maximum absolute atomic E-state index is 8.68. The van der Waals surface area contributed by atoms with Gasteiger partial charge in [0.1, 0.15) is 0 Å². The minimum absolute atomic E-state index is 0.0254. The first kappa shape index (κ1) is 30.1. The molecule has 0 heterocycles. The molecule has 0 saturated heterocycles. The summed E-state index contributed by atoms with van der Waals surface area (Å²) in [6.07, 6.45) is 8.90. The SMILES string of the molecule is CC(C)(C)c1ccc2c(c1)-c1cc(C(C)(C)C)ccc1[CH]2[Zr]([Cl])([Cl])([CH]1C=CC=C1)=[Si](c1ccccc1)c1ccccc1. The number of halogens is 2. The summed E-state index contributed by atoms with van der Waals surface area (Å²) in [5.74, 6) is 0. The van der Waals surface area contributed by atoms with E-state index in [1.165, 1.54) is 43.8 Å². The number of allylic oxidation sites excluding steroid dienone is 4. The Bertz CT molecular complexity index is 1680. The zero-order valence-electron chi connectivity index (χ0n) is 25.5. The molecule has 0 unspecified atom stereocenters. The van der Waals surface area contributed by atoms with Crippen LogP contribution in [0.3, 0.4) is 0 Å². The van der Waals surface area contributed by atoms with E-state index in [0.717, 1.165) is 0 Å². The molecule has 0 aliphatic heterocycles. The minimum atomic E-state index is -5.08. The van der Waals surface area contributed by atoms with Gasteiger partial charge in [-0.05, 0) is 0 Å². The van der Waals surface area contributed by atoms with Crippen molar-refractivity contribution in [2.75, 3.05) is 0 Å². The fourth-order valence-corrected chi connectivity index (χ4v) is 47.8. The molecule has 214 valence electrons. The van der Waals surface area contributed by atoms with E-state index in [0.29, 0.717) is 0 Å². The van der Waals surface area contributed by atoms with Gasteiger partial charge in [0.05, 0.1) is 0 Å². The van der Waals surface area contributed by atoms with E-state index in [4.69, 9.17) is 17.0 Å². The van der Waals surface area contributed by atoms with Crippen LogP contribution in [0.2, 0.25) is 3.63 Å². The van der Waals surface area contributed by atoms with Crippen LogP contribution in [0.25, 0.3) is 11.1 Å². The van der Waals surface area contributed by atoms with E-state index in [9.17, 15) is 0 Å². The fraction of sp³-hybridized carbons (Fsp3) is 0.263. The van der Waals surface area contributed by atoms with Gasteiger partial charge in [0, 0.05) is 0 Å². The number of benzene rings is 4. The van der Waals surface area contributed by atoms with Crippen molar-refractivity contribution in [2.45, 2.75) is 59.6 Å². The van der Waals surface area contributed by atoms with Crippen molar-refractivity contribution < 1.29 is 15.0 Å². The molecule has 0 bridgehead atoms. The molecule has 0 fully saturated rings. The number of hydrogen-bond acceptors (Lipinski definition) is 0. The van der Waals surface area contributed by atoms with Gasteiger partial charge in [-0.3, -0.25) is 0 Å². The Balaban J connectivity index is 1.80. The molecule has 0 N–H and O–H groups in total. The molecule has 0 aromatic heterocycles. The van der Waals surface area contributed by atoms with Gasteiger partial charge in [-0.2, -0.15) is 0 Å². The van der Waals surface area contributed by atoms with Gasteiger partial charge in [-0.15, -0.1) is 0 Å². The molecule has 0 radical (unpaired) electrons. The number of hydrogen-bond donors (Lipinski definition) is 0. The standard InChI is InChI=1S/C21H25.C12H10Si.C5H5.2ClH.Zr/c1-20(2,3)16-9-7-14-11-15-8-10-17(21(4,5)6)13-19(15)18(14)12-16;1-3-7-11(8-4-1)13-12-9-5-2-6-10-12;1-2-4-5-3-1;;;/h7-13H,1-6H3;1-10H;1-5H;2*1H;/q;;;;;+2/p-2. The summed E-state index contributed by atoms with van der Waals surface area (Å²) < 4.78 is -0.00743. The van der Waals surface area contributed by atoms with Gasteiger partial charge >= 0.3 is 262 Å². The first-order valence-corrected chi connectivity index (χ1v) is 29.4. The van der Waals surface area contributed by atoms with Gasteiger partial charge in [0.2, 0.25) is 0 Å². The van der Waals surface area contributed by atoms with Crippen molar-refractivity contribution in [3.05, 3.63) is 144 Å². The molecule has 0 saturated carbocycles. The van der Waals surface area contributed by atoms with Gasteiger partial charge < -0.3 is 0 Å². The first-order valence-electron chi connectivity index (χ1n) is 15.0. The Morgan fingerprint density at radius 1 is 0.571 bits per heavy atom. The quantitative estimate of drug-likeness (QED) is 0.188. The number of fused-ring (bicyclic) bond motifs is 3. The third kappa shape index (κ3) is 4.92. The van der Waals surface area contributed by atoms with Crippen LogP contribution in [-0.2, 0) is 25.8 Å². The molecule has 4 aromatic carbocycles.